The van der Waals surface area contributed by atoms with Crippen LogP contribution in [0.25, 0.3) is 0 Å². The smallest absolute Gasteiger partial charge is 0.387 e. The first-order valence-corrected chi connectivity index (χ1v) is 7.52. The van der Waals surface area contributed by atoms with Gasteiger partial charge in [0.15, 0.2) is 11.5 Å². The molecule has 0 heterocycles. The molecule has 0 radical (unpaired) electrons. The Hall–Kier alpha value is -2.02. The molecule has 1 N–H and O–H groups in total. The fraction of sp³-hybridized carbons (Fsp3) is 0.250. The molecule has 0 aromatic heterocycles. The maximum Gasteiger partial charge on any atom is 0.387 e. The first kappa shape index (κ1) is 17.3. The number of anilines is 1. The molecule has 0 amide bonds. The van der Waals surface area contributed by atoms with Gasteiger partial charge in [0.25, 0.3) is 0 Å². The maximum absolute atomic E-state index is 12.4. The second-order valence-corrected chi connectivity index (χ2v) is 5.47. The highest BCUT2D eigenvalue weighted by atomic mass is 79.9. The topological polar surface area (TPSA) is 39.7 Å². The summed E-state index contributed by atoms with van der Waals surface area (Å²) in [5, 5.41) is 3.15. The summed E-state index contributed by atoms with van der Waals surface area (Å²) in [6.45, 7) is -2.45. The van der Waals surface area contributed by atoms with Gasteiger partial charge in [-0.25, -0.2) is 0 Å². The highest BCUT2D eigenvalue weighted by Crippen LogP contribution is 2.32. The van der Waals surface area contributed by atoms with Gasteiger partial charge >= 0.3 is 6.61 Å². The minimum absolute atomic E-state index is 0.0197. The number of ether oxygens (including phenoxy) is 3. The molecule has 7 heteroatoms. The van der Waals surface area contributed by atoms with Crippen LogP contribution in [0.3, 0.4) is 0 Å². The summed E-state index contributed by atoms with van der Waals surface area (Å²) in [4.78, 5) is 0. The van der Waals surface area contributed by atoms with Crippen molar-refractivity contribution in [3.05, 3.63) is 46.4 Å². The predicted molar refractivity (Wildman–Crippen MR) is 87.6 cm³/mol. The molecule has 2 aromatic rings. The Morgan fingerprint density at radius 2 is 1.70 bits per heavy atom. The van der Waals surface area contributed by atoms with Crippen LogP contribution in [-0.2, 0) is 6.54 Å². The van der Waals surface area contributed by atoms with Crippen LogP contribution < -0.4 is 19.5 Å². The summed E-state index contributed by atoms with van der Waals surface area (Å²) < 4.78 is 40.6. The molecular formula is C16H16BrF2NO3. The standard InChI is InChI=1S/C16H16BrF2NO3/c1-21-13-5-3-11(17)7-10(13)9-20-12-4-6-14(22-2)15(8-12)23-16(18)19/h3-8,16,20H,9H2,1-2H3. The summed E-state index contributed by atoms with van der Waals surface area (Å²) in [7, 11) is 2.99. The lowest BCUT2D eigenvalue weighted by atomic mass is 10.2. The van der Waals surface area contributed by atoms with Crippen molar-refractivity contribution in [2.24, 2.45) is 0 Å². The molecule has 0 aliphatic heterocycles. The summed E-state index contributed by atoms with van der Waals surface area (Å²) in [5.74, 6) is 0.961. The first-order valence-electron chi connectivity index (χ1n) is 6.72. The summed E-state index contributed by atoms with van der Waals surface area (Å²) in [6, 6.07) is 10.4. The number of rotatable bonds is 7. The molecule has 0 bridgehead atoms. The van der Waals surface area contributed by atoms with Crippen LogP contribution in [0.15, 0.2) is 40.9 Å². The van der Waals surface area contributed by atoms with Crippen molar-refractivity contribution < 1.29 is 23.0 Å². The van der Waals surface area contributed by atoms with Crippen molar-refractivity contribution in [1.82, 2.24) is 0 Å². The number of nitrogens with one attached hydrogen (secondary N) is 1. The van der Waals surface area contributed by atoms with Crippen LogP contribution in [0.5, 0.6) is 17.2 Å². The van der Waals surface area contributed by atoms with Crippen LogP contribution in [0.2, 0.25) is 0 Å². The average Bonchev–Trinajstić information content (AvgIpc) is 2.52. The van der Waals surface area contributed by atoms with E-state index in [2.05, 4.69) is 26.0 Å². The number of benzene rings is 2. The number of hydrogen-bond donors (Lipinski definition) is 1. The molecule has 0 spiro atoms. The molecule has 0 unspecified atom stereocenters. The fourth-order valence-electron chi connectivity index (χ4n) is 2.06. The fourth-order valence-corrected chi connectivity index (χ4v) is 2.47. The van der Waals surface area contributed by atoms with E-state index in [1.54, 1.807) is 19.2 Å². The Morgan fingerprint density at radius 3 is 2.35 bits per heavy atom. The lowest BCUT2D eigenvalue weighted by molar-refractivity contribution is -0.0511. The highest BCUT2D eigenvalue weighted by molar-refractivity contribution is 9.10. The third-order valence-corrected chi connectivity index (χ3v) is 3.60. The van der Waals surface area contributed by atoms with E-state index in [1.165, 1.54) is 13.2 Å². The van der Waals surface area contributed by atoms with Gasteiger partial charge in [-0.15, -0.1) is 0 Å². The van der Waals surface area contributed by atoms with Gasteiger partial charge in [-0.3, -0.25) is 0 Å². The Kier molecular flexibility index (Phi) is 6.04. The van der Waals surface area contributed by atoms with Crippen molar-refractivity contribution in [1.29, 1.82) is 0 Å². The van der Waals surface area contributed by atoms with E-state index in [4.69, 9.17) is 9.47 Å². The zero-order valence-electron chi connectivity index (χ0n) is 12.6. The largest absolute Gasteiger partial charge is 0.496 e. The van der Waals surface area contributed by atoms with Gasteiger partial charge < -0.3 is 19.5 Å². The lowest BCUT2D eigenvalue weighted by Crippen LogP contribution is -2.05. The van der Waals surface area contributed by atoms with E-state index in [-0.39, 0.29) is 11.5 Å². The second kappa shape index (κ2) is 8.01. The van der Waals surface area contributed by atoms with E-state index in [9.17, 15) is 8.78 Å². The van der Waals surface area contributed by atoms with Crippen LogP contribution in [-0.4, -0.2) is 20.8 Å². The molecule has 0 aliphatic rings. The van der Waals surface area contributed by atoms with Crippen LogP contribution in [0.4, 0.5) is 14.5 Å². The molecule has 0 atom stereocenters. The van der Waals surface area contributed by atoms with Gasteiger partial charge in [0.05, 0.1) is 14.2 Å². The van der Waals surface area contributed by atoms with E-state index < -0.39 is 6.61 Å². The van der Waals surface area contributed by atoms with Gasteiger partial charge in [-0.2, -0.15) is 8.78 Å². The molecule has 0 saturated heterocycles. The number of halogens is 3. The Bertz CT molecular complexity index is 668. The number of hydrogen-bond acceptors (Lipinski definition) is 4. The molecule has 2 aromatic carbocycles. The zero-order valence-corrected chi connectivity index (χ0v) is 14.2. The summed E-state index contributed by atoms with van der Waals surface area (Å²) in [6.07, 6.45) is 0. The van der Waals surface area contributed by atoms with Gasteiger partial charge in [-0.05, 0) is 30.3 Å². The van der Waals surface area contributed by atoms with Gasteiger partial charge in [0, 0.05) is 28.3 Å². The molecule has 124 valence electrons. The van der Waals surface area contributed by atoms with Gasteiger partial charge in [-0.1, -0.05) is 15.9 Å². The van der Waals surface area contributed by atoms with Gasteiger partial charge in [0.2, 0.25) is 0 Å². The third kappa shape index (κ3) is 4.72. The third-order valence-electron chi connectivity index (χ3n) is 3.11. The molecule has 2 rings (SSSR count). The van der Waals surface area contributed by atoms with Crippen LogP contribution in [0, 0.1) is 0 Å². The molecule has 4 nitrogen and oxygen atoms in total. The Morgan fingerprint density at radius 1 is 1.00 bits per heavy atom. The molecule has 0 fully saturated rings. The Balaban J connectivity index is 2.16. The average molecular weight is 388 g/mol. The molecule has 0 saturated carbocycles. The van der Waals surface area contributed by atoms with Crippen LogP contribution >= 0.6 is 15.9 Å². The Labute approximate surface area is 141 Å². The van der Waals surface area contributed by atoms with Crippen molar-refractivity contribution in [2.75, 3.05) is 19.5 Å². The van der Waals surface area contributed by atoms with E-state index in [0.29, 0.717) is 12.2 Å². The van der Waals surface area contributed by atoms with Gasteiger partial charge in [0.1, 0.15) is 5.75 Å². The predicted octanol–water partition coefficient (Wildman–Crippen LogP) is 4.68. The summed E-state index contributed by atoms with van der Waals surface area (Å²) in [5.41, 5.74) is 1.55. The number of methoxy groups -OCH3 is 2. The SMILES string of the molecule is COc1ccc(Br)cc1CNc1ccc(OC)c(OC(F)F)c1. The van der Waals surface area contributed by atoms with Crippen molar-refractivity contribution in [3.63, 3.8) is 0 Å². The van der Waals surface area contributed by atoms with Crippen molar-refractivity contribution in [3.8, 4) is 17.2 Å². The minimum Gasteiger partial charge on any atom is -0.496 e. The van der Waals surface area contributed by atoms with E-state index >= 15 is 0 Å². The van der Waals surface area contributed by atoms with Crippen molar-refractivity contribution in [2.45, 2.75) is 13.2 Å². The first-order chi connectivity index (χ1) is 11.0. The van der Waals surface area contributed by atoms with E-state index in [1.807, 2.05) is 18.2 Å². The number of alkyl halides is 2. The minimum atomic E-state index is -2.91. The second-order valence-electron chi connectivity index (χ2n) is 4.55. The monoisotopic (exact) mass is 387 g/mol. The molecular weight excluding hydrogens is 372 g/mol. The van der Waals surface area contributed by atoms with Crippen molar-refractivity contribution >= 4 is 21.6 Å². The lowest BCUT2D eigenvalue weighted by Gasteiger charge is -2.14. The zero-order chi connectivity index (χ0) is 16.8. The molecule has 23 heavy (non-hydrogen) atoms. The highest BCUT2D eigenvalue weighted by Gasteiger charge is 2.11. The quantitative estimate of drug-likeness (QED) is 0.748. The summed E-state index contributed by atoms with van der Waals surface area (Å²) >= 11 is 3.41. The maximum atomic E-state index is 12.4. The molecule has 0 aliphatic carbocycles. The van der Waals surface area contributed by atoms with Crippen LogP contribution in [0.1, 0.15) is 5.56 Å². The normalized spacial score (nSPS) is 10.5. The van der Waals surface area contributed by atoms with E-state index in [0.717, 1.165) is 15.8 Å².